The van der Waals surface area contributed by atoms with Gasteiger partial charge in [0.25, 0.3) is 0 Å². The third-order valence-corrected chi connectivity index (χ3v) is 1.84. The van der Waals surface area contributed by atoms with Gasteiger partial charge >= 0.3 is 5.97 Å². The van der Waals surface area contributed by atoms with Crippen LogP contribution in [-0.4, -0.2) is 23.3 Å². The van der Waals surface area contributed by atoms with Crippen molar-refractivity contribution in [1.29, 1.82) is 0 Å². The molecule has 3 atom stereocenters. The van der Waals surface area contributed by atoms with Gasteiger partial charge in [-0.15, -0.1) is 0 Å². The number of carboxylic acids is 1. The molecular weight excluding hydrogens is 132 g/mol. The molecule has 0 aliphatic carbocycles. The highest BCUT2D eigenvalue weighted by Gasteiger charge is 2.36. The predicted octanol–water partition coefficient (Wildman–Crippen LogP) is 0.885. The van der Waals surface area contributed by atoms with Gasteiger partial charge in [-0.05, 0) is 13.3 Å². The van der Waals surface area contributed by atoms with Crippen LogP contribution >= 0.6 is 0 Å². The van der Waals surface area contributed by atoms with E-state index in [2.05, 4.69) is 0 Å². The van der Waals surface area contributed by atoms with E-state index in [0.717, 1.165) is 0 Å². The Bertz CT molecular complexity index is 144. The minimum Gasteiger partial charge on any atom is -0.481 e. The number of ether oxygens (including phenoxy) is 1. The monoisotopic (exact) mass is 144 g/mol. The van der Waals surface area contributed by atoms with Gasteiger partial charge in [0.2, 0.25) is 0 Å². The summed E-state index contributed by atoms with van der Waals surface area (Å²) in [4.78, 5) is 10.3. The molecule has 10 heavy (non-hydrogen) atoms. The SMILES string of the molecule is CC(CC1OC1C)C(=O)O. The van der Waals surface area contributed by atoms with Crippen molar-refractivity contribution in [2.45, 2.75) is 32.5 Å². The molecule has 58 valence electrons. The van der Waals surface area contributed by atoms with Crippen molar-refractivity contribution in [3.05, 3.63) is 0 Å². The summed E-state index contributed by atoms with van der Waals surface area (Å²) in [6, 6.07) is 0. The standard InChI is InChI=1S/C7H12O3/c1-4(7(8)9)3-6-5(2)10-6/h4-6H,3H2,1-2H3,(H,8,9). The van der Waals surface area contributed by atoms with Crippen LogP contribution in [0.25, 0.3) is 0 Å². The highest BCUT2D eigenvalue weighted by atomic mass is 16.6. The Balaban J connectivity index is 2.19. The quantitative estimate of drug-likeness (QED) is 0.598. The van der Waals surface area contributed by atoms with Crippen LogP contribution in [0, 0.1) is 5.92 Å². The van der Waals surface area contributed by atoms with Crippen LogP contribution < -0.4 is 0 Å². The molecule has 1 aliphatic rings. The zero-order valence-corrected chi connectivity index (χ0v) is 6.20. The third-order valence-electron chi connectivity index (χ3n) is 1.84. The molecule has 0 radical (unpaired) electrons. The molecule has 1 heterocycles. The topological polar surface area (TPSA) is 49.8 Å². The Labute approximate surface area is 60.0 Å². The molecule has 1 rings (SSSR count). The number of carbonyl (C=O) groups is 1. The van der Waals surface area contributed by atoms with Crippen LogP contribution in [-0.2, 0) is 9.53 Å². The molecular formula is C7H12O3. The summed E-state index contributed by atoms with van der Waals surface area (Å²) in [6.45, 7) is 3.66. The molecule has 0 aromatic rings. The van der Waals surface area contributed by atoms with E-state index < -0.39 is 5.97 Å². The van der Waals surface area contributed by atoms with Crippen molar-refractivity contribution in [2.24, 2.45) is 5.92 Å². The second-order valence-electron chi connectivity index (χ2n) is 2.85. The Morgan fingerprint density at radius 3 is 2.60 bits per heavy atom. The molecule has 1 aliphatic heterocycles. The van der Waals surface area contributed by atoms with Gasteiger partial charge in [0.05, 0.1) is 18.1 Å². The van der Waals surface area contributed by atoms with E-state index in [1.54, 1.807) is 6.92 Å². The molecule has 3 heteroatoms. The van der Waals surface area contributed by atoms with Gasteiger partial charge in [-0.2, -0.15) is 0 Å². The Kier molecular flexibility index (Phi) is 1.94. The maximum atomic E-state index is 10.3. The lowest BCUT2D eigenvalue weighted by Gasteiger charge is -2.00. The molecule has 1 N–H and O–H groups in total. The minimum atomic E-state index is -0.734. The molecule has 0 amide bonds. The van der Waals surface area contributed by atoms with E-state index in [-0.39, 0.29) is 18.1 Å². The van der Waals surface area contributed by atoms with Gasteiger partial charge < -0.3 is 9.84 Å². The number of hydrogen-bond donors (Lipinski definition) is 1. The van der Waals surface area contributed by atoms with Crippen molar-refractivity contribution in [2.75, 3.05) is 0 Å². The number of rotatable bonds is 3. The zero-order valence-electron chi connectivity index (χ0n) is 6.20. The fraction of sp³-hybridized carbons (Fsp3) is 0.857. The molecule has 0 saturated carbocycles. The highest BCUT2D eigenvalue weighted by Crippen LogP contribution is 2.27. The van der Waals surface area contributed by atoms with Crippen molar-refractivity contribution in [1.82, 2.24) is 0 Å². The summed E-state index contributed by atoms with van der Waals surface area (Å²) in [5.74, 6) is -1.00. The summed E-state index contributed by atoms with van der Waals surface area (Å²) >= 11 is 0. The van der Waals surface area contributed by atoms with Gasteiger partial charge in [0.15, 0.2) is 0 Å². The number of aliphatic carboxylic acids is 1. The molecule has 1 fully saturated rings. The lowest BCUT2D eigenvalue weighted by molar-refractivity contribution is -0.141. The summed E-state index contributed by atoms with van der Waals surface area (Å²) < 4.78 is 5.07. The number of hydrogen-bond acceptors (Lipinski definition) is 2. The molecule has 0 spiro atoms. The fourth-order valence-corrected chi connectivity index (χ4v) is 0.927. The van der Waals surface area contributed by atoms with E-state index in [4.69, 9.17) is 9.84 Å². The second kappa shape index (κ2) is 2.58. The first-order chi connectivity index (χ1) is 4.61. The molecule has 1 saturated heterocycles. The first-order valence-corrected chi connectivity index (χ1v) is 3.49. The largest absolute Gasteiger partial charge is 0.481 e. The van der Waals surface area contributed by atoms with Gasteiger partial charge in [0, 0.05) is 0 Å². The maximum absolute atomic E-state index is 10.3. The van der Waals surface area contributed by atoms with E-state index >= 15 is 0 Å². The lowest BCUT2D eigenvalue weighted by Crippen LogP contribution is -2.12. The van der Waals surface area contributed by atoms with Gasteiger partial charge in [-0.3, -0.25) is 4.79 Å². The highest BCUT2D eigenvalue weighted by molar-refractivity contribution is 5.69. The predicted molar refractivity (Wildman–Crippen MR) is 35.8 cm³/mol. The van der Waals surface area contributed by atoms with Crippen LogP contribution in [0.2, 0.25) is 0 Å². The van der Waals surface area contributed by atoms with Crippen molar-refractivity contribution >= 4 is 5.97 Å². The first kappa shape index (κ1) is 7.54. The third kappa shape index (κ3) is 1.70. The normalized spacial score (nSPS) is 33.4. The Morgan fingerprint density at radius 2 is 2.30 bits per heavy atom. The lowest BCUT2D eigenvalue weighted by atomic mass is 10.1. The van der Waals surface area contributed by atoms with Gasteiger partial charge in [-0.1, -0.05) is 6.92 Å². The zero-order chi connectivity index (χ0) is 7.72. The van der Waals surface area contributed by atoms with Crippen LogP contribution in [0.5, 0.6) is 0 Å². The van der Waals surface area contributed by atoms with E-state index in [1.165, 1.54) is 0 Å². The van der Waals surface area contributed by atoms with Crippen molar-refractivity contribution < 1.29 is 14.6 Å². The fourth-order valence-electron chi connectivity index (χ4n) is 0.927. The molecule has 0 aromatic heterocycles. The summed E-state index contributed by atoms with van der Waals surface area (Å²) in [7, 11) is 0. The van der Waals surface area contributed by atoms with Gasteiger partial charge in [-0.25, -0.2) is 0 Å². The van der Waals surface area contributed by atoms with Crippen LogP contribution in [0.3, 0.4) is 0 Å². The van der Waals surface area contributed by atoms with E-state index in [9.17, 15) is 4.79 Å². The van der Waals surface area contributed by atoms with E-state index in [1.807, 2.05) is 6.92 Å². The number of carboxylic acid groups (broad SMARTS) is 1. The maximum Gasteiger partial charge on any atom is 0.306 e. The molecule has 3 nitrogen and oxygen atoms in total. The average Bonchev–Trinajstić information content (AvgIpc) is 2.46. The van der Waals surface area contributed by atoms with Crippen molar-refractivity contribution in [3.63, 3.8) is 0 Å². The minimum absolute atomic E-state index is 0.200. The molecule has 0 bridgehead atoms. The van der Waals surface area contributed by atoms with Gasteiger partial charge in [0.1, 0.15) is 0 Å². The molecule has 3 unspecified atom stereocenters. The smallest absolute Gasteiger partial charge is 0.306 e. The average molecular weight is 144 g/mol. The second-order valence-corrected chi connectivity index (χ2v) is 2.85. The van der Waals surface area contributed by atoms with E-state index in [0.29, 0.717) is 6.42 Å². The first-order valence-electron chi connectivity index (χ1n) is 3.49. The Morgan fingerprint density at radius 1 is 1.80 bits per heavy atom. The summed E-state index contributed by atoms with van der Waals surface area (Å²) in [5.41, 5.74) is 0. The Hall–Kier alpha value is -0.570. The van der Waals surface area contributed by atoms with Crippen LogP contribution in [0.4, 0.5) is 0 Å². The molecule has 0 aromatic carbocycles. The number of epoxide rings is 1. The van der Waals surface area contributed by atoms with Crippen LogP contribution in [0.15, 0.2) is 0 Å². The summed E-state index contributed by atoms with van der Waals surface area (Å²) in [6.07, 6.45) is 1.13. The summed E-state index contributed by atoms with van der Waals surface area (Å²) in [5, 5.41) is 8.49. The van der Waals surface area contributed by atoms with Crippen LogP contribution in [0.1, 0.15) is 20.3 Å². The van der Waals surface area contributed by atoms with Crippen molar-refractivity contribution in [3.8, 4) is 0 Å².